The minimum Gasteiger partial charge on any atom is -0.481 e. The Morgan fingerprint density at radius 1 is 1.50 bits per heavy atom. The fourth-order valence-electron chi connectivity index (χ4n) is 1.30. The highest BCUT2D eigenvalue weighted by molar-refractivity contribution is 6.17. The summed E-state index contributed by atoms with van der Waals surface area (Å²) < 4.78 is 44.8. The number of nitrogens with zero attached hydrogens (tertiary/aromatic N) is 2. The van der Waals surface area contributed by atoms with Gasteiger partial charge < -0.3 is 9.47 Å². The van der Waals surface area contributed by atoms with Crippen molar-refractivity contribution in [2.24, 2.45) is 0 Å². The van der Waals surface area contributed by atoms with Crippen LogP contribution in [0.5, 0.6) is 11.8 Å². The van der Waals surface area contributed by atoms with Gasteiger partial charge in [-0.3, -0.25) is 0 Å². The van der Waals surface area contributed by atoms with Crippen LogP contribution in [0.25, 0.3) is 0 Å². The van der Waals surface area contributed by atoms with E-state index in [0.29, 0.717) is 11.1 Å². The molecule has 98 valence electrons. The zero-order valence-electron chi connectivity index (χ0n) is 9.21. The van der Waals surface area contributed by atoms with Crippen LogP contribution < -0.4 is 9.47 Å². The number of halogens is 4. The number of nitriles is 1. The van der Waals surface area contributed by atoms with E-state index in [0.717, 1.165) is 6.07 Å². The summed E-state index contributed by atoms with van der Waals surface area (Å²) in [5.41, 5.74) is 0.661. The Hall–Kier alpha value is -1.68. The first-order valence-corrected chi connectivity index (χ1v) is 5.20. The Balaban J connectivity index is 3.23. The first-order chi connectivity index (χ1) is 8.41. The zero-order chi connectivity index (χ0) is 13.8. The van der Waals surface area contributed by atoms with Gasteiger partial charge in [0, 0.05) is 11.6 Å². The highest BCUT2D eigenvalue weighted by Crippen LogP contribution is 2.29. The number of hydrogen-bond acceptors (Lipinski definition) is 4. The number of rotatable bonds is 4. The molecular weight excluding hydrogens is 273 g/mol. The minimum atomic E-state index is -4.86. The van der Waals surface area contributed by atoms with Crippen LogP contribution in [-0.2, 0) is 12.3 Å². The molecule has 0 aliphatic heterocycles. The Bertz CT molecular complexity index is 471. The number of aromatic nitrogens is 1. The second-order valence-electron chi connectivity index (χ2n) is 3.12. The lowest BCUT2D eigenvalue weighted by Gasteiger charge is -2.13. The zero-order valence-corrected chi connectivity index (χ0v) is 9.97. The molecule has 18 heavy (non-hydrogen) atoms. The third-order valence-electron chi connectivity index (χ3n) is 1.97. The summed E-state index contributed by atoms with van der Waals surface area (Å²) in [5.74, 6) is -0.796. The predicted molar refractivity (Wildman–Crippen MR) is 56.3 cm³/mol. The SMILES string of the molecule is COc1nc(OC(F)(F)F)cc(CC#N)c1CCl. The average Bonchev–Trinajstić information content (AvgIpc) is 2.26. The van der Waals surface area contributed by atoms with Gasteiger partial charge in [0.1, 0.15) is 0 Å². The van der Waals surface area contributed by atoms with Gasteiger partial charge in [0.15, 0.2) is 0 Å². The van der Waals surface area contributed by atoms with Crippen molar-refractivity contribution < 1.29 is 22.6 Å². The van der Waals surface area contributed by atoms with Crippen molar-refractivity contribution in [3.8, 4) is 17.8 Å². The van der Waals surface area contributed by atoms with E-state index in [1.807, 2.05) is 6.07 Å². The van der Waals surface area contributed by atoms with Crippen molar-refractivity contribution in [1.82, 2.24) is 4.98 Å². The molecule has 0 radical (unpaired) electrons. The van der Waals surface area contributed by atoms with Crippen molar-refractivity contribution >= 4 is 11.6 Å². The van der Waals surface area contributed by atoms with Crippen molar-refractivity contribution in [3.05, 3.63) is 17.2 Å². The smallest absolute Gasteiger partial charge is 0.481 e. The monoisotopic (exact) mass is 280 g/mol. The van der Waals surface area contributed by atoms with Crippen molar-refractivity contribution in [3.63, 3.8) is 0 Å². The van der Waals surface area contributed by atoms with Gasteiger partial charge in [-0.1, -0.05) is 0 Å². The van der Waals surface area contributed by atoms with Gasteiger partial charge in [-0.2, -0.15) is 10.2 Å². The van der Waals surface area contributed by atoms with Gasteiger partial charge in [-0.15, -0.1) is 24.8 Å². The van der Waals surface area contributed by atoms with Gasteiger partial charge in [-0.25, -0.2) is 0 Å². The summed E-state index contributed by atoms with van der Waals surface area (Å²) >= 11 is 5.64. The summed E-state index contributed by atoms with van der Waals surface area (Å²) in [5, 5.41) is 8.61. The van der Waals surface area contributed by atoms with E-state index < -0.39 is 12.2 Å². The normalized spacial score (nSPS) is 10.9. The van der Waals surface area contributed by atoms with Gasteiger partial charge in [0.25, 0.3) is 0 Å². The molecule has 0 spiro atoms. The Morgan fingerprint density at radius 3 is 2.61 bits per heavy atom. The van der Waals surface area contributed by atoms with E-state index in [-0.39, 0.29) is 18.2 Å². The van der Waals surface area contributed by atoms with Crippen LogP contribution in [0.3, 0.4) is 0 Å². The predicted octanol–water partition coefficient (Wildman–Crippen LogP) is 2.79. The fourth-order valence-corrected chi connectivity index (χ4v) is 1.58. The lowest BCUT2D eigenvalue weighted by atomic mass is 10.1. The van der Waals surface area contributed by atoms with Crippen molar-refractivity contribution in [2.45, 2.75) is 18.7 Å². The lowest BCUT2D eigenvalue weighted by molar-refractivity contribution is -0.276. The molecule has 0 unspecified atom stereocenters. The van der Waals surface area contributed by atoms with Crippen molar-refractivity contribution in [2.75, 3.05) is 7.11 Å². The first-order valence-electron chi connectivity index (χ1n) is 4.66. The van der Waals surface area contributed by atoms with Crippen LogP contribution in [0.4, 0.5) is 13.2 Å². The maximum atomic E-state index is 12.1. The standard InChI is InChI=1S/C10H8ClF3N2O2/c1-17-9-7(5-11)6(2-3-15)4-8(16-9)18-10(12,13)14/h4H,2,5H2,1H3. The topological polar surface area (TPSA) is 55.1 Å². The lowest BCUT2D eigenvalue weighted by Crippen LogP contribution is -2.18. The molecule has 8 heteroatoms. The van der Waals surface area contributed by atoms with Crippen LogP contribution in [0, 0.1) is 11.3 Å². The van der Waals surface area contributed by atoms with E-state index in [4.69, 9.17) is 21.6 Å². The van der Waals surface area contributed by atoms with Gasteiger partial charge in [-0.05, 0) is 5.56 Å². The molecule has 0 aliphatic carbocycles. The second kappa shape index (κ2) is 5.78. The summed E-state index contributed by atoms with van der Waals surface area (Å²) in [4.78, 5) is 3.53. The summed E-state index contributed by atoms with van der Waals surface area (Å²) in [6, 6.07) is 2.85. The number of pyridine rings is 1. The molecule has 0 N–H and O–H groups in total. The first kappa shape index (κ1) is 14.4. The number of methoxy groups -OCH3 is 1. The Morgan fingerprint density at radius 2 is 2.17 bits per heavy atom. The molecule has 1 aromatic heterocycles. The highest BCUT2D eigenvalue weighted by atomic mass is 35.5. The van der Waals surface area contributed by atoms with E-state index in [2.05, 4.69) is 9.72 Å². The summed E-state index contributed by atoms with van der Waals surface area (Å²) in [6.07, 6.45) is -4.97. The minimum absolute atomic E-state index is 0.0283. The van der Waals surface area contributed by atoms with Gasteiger partial charge in [0.05, 0.1) is 25.5 Å². The summed E-state index contributed by atoms with van der Waals surface area (Å²) in [7, 11) is 1.24. The van der Waals surface area contributed by atoms with E-state index in [1.54, 1.807) is 0 Å². The van der Waals surface area contributed by atoms with E-state index in [1.165, 1.54) is 7.11 Å². The molecule has 0 saturated carbocycles. The van der Waals surface area contributed by atoms with Crippen LogP contribution in [0.1, 0.15) is 11.1 Å². The molecule has 1 rings (SSSR count). The molecule has 1 aromatic rings. The van der Waals surface area contributed by atoms with Crippen molar-refractivity contribution in [1.29, 1.82) is 5.26 Å². The van der Waals surface area contributed by atoms with Gasteiger partial charge in [0.2, 0.25) is 11.8 Å². The van der Waals surface area contributed by atoms with Crippen LogP contribution in [0.2, 0.25) is 0 Å². The number of hydrogen-bond donors (Lipinski definition) is 0. The van der Waals surface area contributed by atoms with E-state index >= 15 is 0 Å². The third-order valence-corrected chi connectivity index (χ3v) is 2.24. The molecule has 4 nitrogen and oxygen atoms in total. The summed E-state index contributed by atoms with van der Waals surface area (Å²) in [6.45, 7) is 0. The maximum Gasteiger partial charge on any atom is 0.574 e. The molecule has 0 amide bonds. The molecule has 0 aliphatic rings. The second-order valence-corrected chi connectivity index (χ2v) is 3.39. The quantitative estimate of drug-likeness (QED) is 0.796. The molecule has 0 fully saturated rings. The largest absolute Gasteiger partial charge is 0.574 e. The molecular formula is C10H8ClF3N2O2. The molecule has 0 bridgehead atoms. The van der Waals surface area contributed by atoms with Crippen LogP contribution in [-0.4, -0.2) is 18.5 Å². The molecule has 0 saturated heterocycles. The van der Waals surface area contributed by atoms with E-state index in [9.17, 15) is 13.2 Å². The highest BCUT2D eigenvalue weighted by Gasteiger charge is 2.32. The fraction of sp³-hybridized carbons (Fsp3) is 0.400. The molecule has 0 atom stereocenters. The Kier molecular flexibility index (Phi) is 4.62. The van der Waals surface area contributed by atoms with Crippen LogP contribution >= 0.6 is 11.6 Å². The average molecular weight is 281 g/mol. The van der Waals surface area contributed by atoms with Crippen LogP contribution in [0.15, 0.2) is 6.07 Å². The Labute approximate surface area is 106 Å². The maximum absolute atomic E-state index is 12.1. The third kappa shape index (κ3) is 3.67. The van der Waals surface area contributed by atoms with Gasteiger partial charge >= 0.3 is 6.36 Å². The number of ether oxygens (including phenoxy) is 2. The molecule has 1 heterocycles. The number of alkyl halides is 4. The molecule has 0 aromatic carbocycles.